The average molecular weight is 465 g/mol. The number of thiocarbonyl (C=S) groups is 1. The molecule has 0 bridgehead atoms. The summed E-state index contributed by atoms with van der Waals surface area (Å²) in [5.74, 6) is -10.3. The van der Waals surface area contributed by atoms with Gasteiger partial charge in [0.1, 0.15) is 5.69 Å². The second-order valence-electron chi connectivity index (χ2n) is 7.18. The van der Waals surface area contributed by atoms with E-state index in [2.05, 4.69) is 5.32 Å². The van der Waals surface area contributed by atoms with Crippen molar-refractivity contribution in [3.63, 3.8) is 0 Å². The number of rotatable bonds is 2. The molecule has 10 heteroatoms. The zero-order valence-electron chi connectivity index (χ0n) is 16.5. The molecule has 1 amide bonds. The third-order valence-corrected chi connectivity index (χ3v) is 5.68. The van der Waals surface area contributed by atoms with E-state index in [1.54, 1.807) is 17.0 Å². The number of nitrogens with one attached hydrogen (secondary N) is 1. The SMILES string of the molecule is O=C(NC(=S)N1CCN(c2c(F)c(F)c(F)c(F)c2F)CC1)c1cccc2ccccc12. The van der Waals surface area contributed by atoms with E-state index in [-0.39, 0.29) is 31.3 Å². The fraction of sp³-hybridized carbons (Fsp3) is 0.182. The summed E-state index contributed by atoms with van der Waals surface area (Å²) < 4.78 is 68.4. The van der Waals surface area contributed by atoms with Gasteiger partial charge in [-0.05, 0) is 29.1 Å². The van der Waals surface area contributed by atoms with Crippen molar-refractivity contribution in [2.24, 2.45) is 0 Å². The van der Waals surface area contributed by atoms with E-state index in [4.69, 9.17) is 12.2 Å². The molecule has 0 aliphatic carbocycles. The molecule has 0 radical (unpaired) electrons. The Hall–Kier alpha value is -3.27. The van der Waals surface area contributed by atoms with E-state index >= 15 is 0 Å². The van der Waals surface area contributed by atoms with Gasteiger partial charge in [-0.1, -0.05) is 36.4 Å². The minimum Gasteiger partial charge on any atom is -0.363 e. The number of anilines is 1. The molecule has 4 nitrogen and oxygen atoms in total. The highest BCUT2D eigenvalue weighted by atomic mass is 32.1. The van der Waals surface area contributed by atoms with Crippen molar-refractivity contribution in [1.82, 2.24) is 10.2 Å². The van der Waals surface area contributed by atoms with Gasteiger partial charge in [0.05, 0.1) is 0 Å². The van der Waals surface area contributed by atoms with E-state index < -0.39 is 40.7 Å². The Morgan fingerprint density at radius 1 is 0.781 bits per heavy atom. The summed E-state index contributed by atoms with van der Waals surface area (Å²) >= 11 is 5.30. The fourth-order valence-corrected chi connectivity index (χ4v) is 3.95. The van der Waals surface area contributed by atoms with Gasteiger partial charge in [0.15, 0.2) is 28.4 Å². The second-order valence-corrected chi connectivity index (χ2v) is 7.57. The molecule has 1 fully saturated rings. The number of halogens is 5. The predicted octanol–water partition coefficient (Wildman–Crippen LogP) is 4.37. The van der Waals surface area contributed by atoms with Crippen LogP contribution in [0.15, 0.2) is 42.5 Å². The van der Waals surface area contributed by atoms with Gasteiger partial charge < -0.3 is 9.80 Å². The molecule has 1 saturated heterocycles. The first-order valence-electron chi connectivity index (χ1n) is 9.64. The summed E-state index contributed by atoms with van der Waals surface area (Å²) in [5, 5.41) is 4.40. The zero-order chi connectivity index (χ0) is 23.0. The lowest BCUT2D eigenvalue weighted by Gasteiger charge is -2.37. The van der Waals surface area contributed by atoms with Crippen molar-refractivity contribution in [3.05, 3.63) is 77.1 Å². The third-order valence-electron chi connectivity index (χ3n) is 5.32. The maximum atomic E-state index is 14.1. The van der Waals surface area contributed by atoms with Gasteiger partial charge in [-0.3, -0.25) is 10.1 Å². The normalized spacial score (nSPS) is 14.0. The molecule has 1 aliphatic rings. The fourth-order valence-electron chi connectivity index (χ4n) is 3.67. The number of carbonyl (C=O) groups is 1. The largest absolute Gasteiger partial charge is 0.363 e. The molecule has 32 heavy (non-hydrogen) atoms. The van der Waals surface area contributed by atoms with Crippen molar-refractivity contribution in [2.45, 2.75) is 0 Å². The van der Waals surface area contributed by atoms with Crippen LogP contribution in [-0.2, 0) is 0 Å². The van der Waals surface area contributed by atoms with Gasteiger partial charge in [-0.25, -0.2) is 22.0 Å². The van der Waals surface area contributed by atoms with Crippen LogP contribution in [0.1, 0.15) is 10.4 Å². The molecule has 0 atom stereocenters. The Kier molecular flexibility index (Phi) is 5.96. The van der Waals surface area contributed by atoms with Crippen LogP contribution < -0.4 is 10.2 Å². The molecular weight excluding hydrogens is 449 g/mol. The van der Waals surface area contributed by atoms with Crippen LogP contribution in [0.4, 0.5) is 27.6 Å². The maximum Gasteiger partial charge on any atom is 0.258 e. The molecule has 0 unspecified atom stereocenters. The van der Waals surface area contributed by atoms with Crippen molar-refractivity contribution >= 4 is 39.7 Å². The van der Waals surface area contributed by atoms with Crippen molar-refractivity contribution in [3.8, 4) is 0 Å². The van der Waals surface area contributed by atoms with E-state index in [0.717, 1.165) is 15.7 Å². The summed E-state index contributed by atoms with van der Waals surface area (Å²) in [4.78, 5) is 15.4. The number of hydrogen-bond donors (Lipinski definition) is 1. The first-order chi connectivity index (χ1) is 15.3. The minimum absolute atomic E-state index is 0.0529. The smallest absolute Gasteiger partial charge is 0.258 e. The average Bonchev–Trinajstić information content (AvgIpc) is 2.81. The lowest BCUT2D eigenvalue weighted by Crippen LogP contribution is -2.53. The van der Waals surface area contributed by atoms with Gasteiger partial charge >= 0.3 is 0 Å². The molecule has 3 aromatic rings. The summed E-state index contributed by atoms with van der Waals surface area (Å²) in [5.41, 5.74) is -0.530. The molecule has 1 aliphatic heterocycles. The van der Waals surface area contributed by atoms with Crippen LogP contribution in [0.3, 0.4) is 0 Å². The highest BCUT2D eigenvalue weighted by molar-refractivity contribution is 7.80. The van der Waals surface area contributed by atoms with E-state index in [1.807, 2.05) is 30.3 Å². The molecule has 1 N–H and O–H groups in total. The lowest BCUT2D eigenvalue weighted by molar-refractivity contribution is 0.0974. The second kappa shape index (κ2) is 8.70. The lowest BCUT2D eigenvalue weighted by atomic mass is 10.0. The number of fused-ring (bicyclic) bond motifs is 1. The molecule has 1 heterocycles. The van der Waals surface area contributed by atoms with E-state index in [0.29, 0.717) is 5.56 Å². The number of hydrogen-bond acceptors (Lipinski definition) is 3. The Morgan fingerprint density at radius 2 is 1.34 bits per heavy atom. The van der Waals surface area contributed by atoms with Gasteiger partial charge in [0, 0.05) is 31.7 Å². The molecule has 0 aromatic heterocycles. The first-order valence-corrected chi connectivity index (χ1v) is 10.0. The zero-order valence-corrected chi connectivity index (χ0v) is 17.3. The highest BCUT2D eigenvalue weighted by Gasteiger charge is 2.31. The monoisotopic (exact) mass is 465 g/mol. The van der Waals surface area contributed by atoms with Gasteiger partial charge in [0.25, 0.3) is 5.91 Å². The highest BCUT2D eigenvalue weighted by Crippen LogP contribution is 2.30. The molecule has 166 valence electrons. The van der Waals surface area contributed by atoms with Gasteiger partial charge in [-0.15, -0.1) is 0 Å². The Balaban J connectivity index is 1.45. The maximum absolute atomic E-state index is 14.1. The van der Waals surface area contributed by atoms with Crippen LogP contribution in [-0.4, -0.2) is 42.1 Å². The number of piperazine rings is 1. The summed E-state index contributed by atoms with van der Waals surface area (Å²) in [7, 11) is 0. The number of amides is 1. The molecule has 0 spiro atoms. The van der Waals surface area contributed by atoms with Crippen LogP contribution in [0.2, 0.25) is 0 Å². The van der Waals surface area contributed by atoms with Crippen molar-refractivity contribution < 1.29 is 26.7 Å². The predicted molar refractivity (Wildman–Crippen MR) is 114 cm³/mol. The Labute approximate surface area is 185 Å². The minimum atomic E-state index is -2.19. The van der Waals surface area contributed by atoms with E-state index in [1.165, 1.54) is 0 Å². The first kappa shape index (κ1) is 21.9. The summed E-state index contributed by atoms with van der Waals surface area (Å²) in [6, 6.07) is 12.7. The van der Waals surface area contributed by atoms with Crippen LogP contribution >= 0.6 is 12.2 Å². The van der Waals surface area contributed by atoms with Crippen LogP contribution in [0.5, 0.6) is 0 Å². The van der Waals surface area contributed by atoms with Gasteiger partial charge in [0.2, 0.25) is 5.82 Å². The Bertz CT molecular complexity index is 1190. The third kappa shape index (κ3) is 3.86. The van der Waals surface area contributed by atoms with E-state index in [9.17, 15) is 26.7 Å². The molecule has 0 saturated carbocycles. The van der Waals surface area contributed by atoms with Crippen LogP contribution in [0, 0.1) is 29.1 Å². The Morgan fingerprint density at radius 3 is 2.00 bits per heavy atom. The number of benzene rings is 3. The summed E-state index contributed by atoms with van der Waals surface area (Å²) in [6.07, 6.45) is 0. The topological polar surface area (TPSA) is 35.6 Å². The van der Waals surface area contributed by atoms with Crippen molar-refractivity contribution in [2.75, 3.05) is 31.1 Å². The molecule has 4 rings (SSSR count). The molecular formula is C22H16F5N3OS. The standard InChI is InChI=1S/C22H16F5N3OS/c23-15-16(24)18(26)20(19(27)17(15)25)29-8-10-30(11-9-29)22(32)28-21(31)14-7-3-5-12-4-1-2-6-13(12)14/h1-7H,8-11H2,(H,28,31,32). The number of carbonyl (C=O) groups excluding carboxylic acids is 1. The quantitative estimate of drug-likeness (QED) is 0.264. The van der Waals surface area contributed by atoms with Gasteiger partial charge in [-0.2, -0.15) is 0 Å². The number of nitrogens with zero attached hydrogens (tertiary/aromatic N) is 2. The van der Waals surface area contributed by atoms with Crippen molar-refractivity contribution in [1.29, 1.82) is 0 Å². The molecule has 3 aromatic carbocycles. The summed E-state index contributed by atoms with van der Waals surface area (Å²) in [6.45, 7) is 0.132. The van der Waals surface area contributed by atoms with Crippen LogP contribution in [0.25, 0.3) is 10.8 Å².